The Kier molecular flexibility index (Phi) is 4.48. The normalized spacial score (nSPS) is 25.4. The molecule has 1 saturated heterocycles. The van der Waals surface area contributed by atoms with Crippen molar-refractivity contribution in [1.29, 1.82) is 0 Å². The van der Waals surface area contributed by atoms with Gasteiger partial charge in [0.1, 0.15) is 0 Å². The lowest BCUT2D eigenvalue weighted by Crippen LogP contribution is -2.46. The van der Waals surface area contributed by atoms with Crippen molar-refractivity contribution in [2.24, 2.45) is 5.41 Å². The van der Waals surface area contributed by atoms with Crippen molar-refractivity contribution in [2.75, 3.05) is 13.1 Å². The van der Waals surface area contributed by atoms with Crippen LogP contribution >= 0.6 is 0 Å². The van der Waals surface area contributed by atoms with Crippen LogP contribution in [0.1, 0.15) is 50.8 Å². The fourth-order valence-electron chi connectivity index (χ4n) is 3.03. The Morgan fingerprint density at radius 1 is 1.40 bits per heavy atom. The molecule has 20 heavy (non-hydrogen) atoms. The summed E-state index contributed by atoms with van der Waals surface area (Å²) in [5.74, 6) is -0.671. The van der Waals surface area contributed by atoms with Crippen LogP contribution in [0.5, 0.6) is 0 Å². The molecule has 1 fully saturated rings. The number of rotatable bonds is 4. The SMILES string of the molecule is CCc1ccc(C(C)N2CCCC(C)(C(=O)O)C2)cc1. The van der Waals surface area contributed by atoms with E-state index in [2.05, 4.69) is 43.0 Å². The van der Waals surface area contributed by atoms with Crippen LogP contribution in [0.3, 0.4) is 0 Å². The molecule has 1 heterocycles. The molecule has 0 amide bonds. The van der Waals surface area contributed by atoms with Crippen LogP contribution in [-0.2, 0) is 11.2 Å². The lowest BCUT2D eigenvalue weighted by Gasteiger charge is -2.40. The average Bonchev–Trinajstić information content (AvgIpc) is 2.46. The van der Waals surface area contributed by atoms with Gasteiger partial charge in [0, 0.05) is 12.6 Å². The van der Waals surface area contributed by atoms with E-state index in [0.29, 0.717) is 6.54 Å². The van der Waals surface area contributed by atoms with Crippen LogP contribution < -0.4 is 0 Å². The molecule has 0 aliphatic carbocycles. The third-order valence-electron chi connectivity index (χ3n) is 4.66. The minimum absolute atomic E-state index is 0.278. The summed E-state index contributed by atoms with van der Waals surface area (Å²) in [5.41, 5.74) is 2.02. The van der Waals surface area contributed by atoms with Crippen molar-refractivity contribution in [2.45, 2.75) is 46.1 Å². The number of carboxylic acid groups (broad SMARTS) is 1. The van der Waals surface area contributed by atoms with Crippen molar-refractivity contribution < 1.29 is 9.90 Å². The number of hydrogen-bond donors (Lipinski definition) is 1. The summed E-state index contributed by atoms with van der Waals surface area (Å²) in [6, 6.07) is 8.98. The fourth-order valence-corrected chi connectivity index (χ4v) is 3.03. The molecule has 110 valence electrons. The third-order valence-corrected chi connectivity index (χ3v) is 4.66. The lowest BCUT2D eigenvalue weighted by atomic mass is 9.81. The van der Waals surface area contributed by atoms with Gasteiger partial charge < -0.3 is 5.11 Å². The molecule has 0 spiro atoms. The summed E-state index contributed by atoms with van der Waals surface area (Å²) >= 11 is 0. The topological polar surface area (TPSA) is 40.5 Å². The van der Waals surface area contributed by atoms with Gasteiger partial charge in [-0.15, -0.1) is 0 Å². The van der Waals surface area contributed by atoms with E-state index in [1.165, 1.54) is 11.1 Å². The third kappa shape index (κ3) is 3.04. The summed E-state index contributed by atoms with van der Waals surface area (Å²) in [5, 5.41) is 9.41. The van der Waals surface area contributed by atoms with Gasteiger partial charge in [-0.05, 0) is 50.8 Å². The number of carboxylic acids is 1. The molecule has 2 rings (SSSR count). The number of hydrogen-bond acceptors (Lipinski definition) is 2. The van der Waals surface area contributed by atoms with Gasteiger partial charge in [-0.25, -0.2) is 0 Å². The van der Waals surface area contributed by atoms with Crippen LogP contribution in [0, 0.1) is 5.41 Å². The Balaban J connectivity index is 2.11. The van der Waals surface area contributed by atoms with Crippen LogP contribution in [0.25, 0.3) is 0 Å². The van der Waals surface area contributed by atoms with Crippen LogP contribution in [0.4, 0.5) is 0 Å². The monoisotopic (exact) mass is 275 g/mol. The molecule has 0 aromatic heterocycles. The quantitative estimate of drug-likeness (QED) is 0.914. The van der Waals surface area contributed by atoms with Crippen LogP contribution in [0.15, 0.2) is 24.3 Å². The smallest absolute Gasteiger partial charge is 0.310 e. The van der Waals surface area contributed by atoms with Gasteiger partial charge in [0.15, 0.2) is 0 Å². The Hall–Kier alpha value is -1.35. The van der Waals surface area contributed by atoms with Gasteiger partial charge in [0.05, 0.1) is 5.41 Å². The predicted molar refractivity (Wildman–Crippen MR) is 80.8 cm³/mol. The summed E-state index contributed by atoms with van der Waals surface area (Å²) in [6.45, 7) is 7.82. The van der Waals surface area contributed by atoms with Crippen molar-refractivity contribution >= 4 is 5.97 Å². The highest BCUT2D eigenvalue weighted by Crippen LogP contribution is 2.34. The van der Waals surface area contributed by atoms with Gasteiger partial charge in [0.2, 0.25) is 0 Å². The van der Waals surface area contributed by atoms with E-state index < -0.39 is 11.4 Å². The second-order valence-corrected chi connectivity index (χ2v) is 6.21. The van der Waals surface area contributed by atoms with Gasteiger partial charge in [-0.3, -0.25) is 9.69 Å². The highest BCUT2D eigenvalue weighted by molar-refractivity contribution is 5.74. The van der Waals surface area contributed by atoms with E-state index in [0.717, 1.165) is 25.8 Å². The maximum absolute atomic E-state index is 11.4. The van der Waals surface area contributed by atoms with Crippen molar-refractivity contribution in [3.8, 4) is 0 Å². The van der Waals surface area contributed by atoms with E-state index in [-0.39, 0.29) is 6.04 Å². The zero-order valence-corrected chi connectivity index (χ0v) is 12.7. The molecule has 0 saturated carbocycles. The standard InChI is InChI=1S/C17H25NO2/c1-4-14-6-8-15(9-7-14)13(2)18-11-5-10-17(3,12-18)16(19)20/h6-9,13H,4-5,10-12H2,1-3H3,(H,19,20). The largest absolute Gasteiger partial charge is 0.481 e. The summed E-state index contributed by atoms with van der Waals surface area (Å²) in [6.07, 6.45) is 2.79. The van der Waals surface area contributed by atoms with E-state index >= 15 is 0 Å². The average molecular weight is 275 g/mol. The van der Waals surface area contributed by atoms with E-state index in [4.69, 9.17) is 0 Å². The molecule has 0 bridgehead atoms. The first-order valence-corrected chi connectivity index (χ1v) is 7.52. The zero-order valence-electron chi connectivity index (χ0n) is 12.7. The number of aryl methyl sites for hydroxylation is 1. The molecule has 3 nitrogen and oxygen atoms in total. The number of carbonyl (C=O) groups is 1. The molecule has 1 aliphatic heterocycles. The molecule has 1 aliphatic rings. The Bertz CT molecular complexity index is 468. The number of nitrogens with zero attached hydrogens (tertiary/aromatic N) is 1. The Morgan fingerprint density at radius 3 is 2.60 bits per heavy atom. The van der Waals surface area contributed by atoms with Gasteiger partial charge in [-0.1, -0.05) is 31.2 Å². The van der Waals surface area contributed by atoms with E-state index in [1.807, 2.05) is 6.92 Å². The molecule has 0 radical (unpaired) electrons. The highest BCUT2D eigenvalue weighted by Gasteiger charge is 2.39. The van der Waals surface area contributed by atoms with Crippen molar-refractivity contribution in [3.63, 3.8) is 0 Å². The zero-order chi connectivity index (χ0) is 14.8. The molecule has 2 unspecified atom stereocenters. The maximum atomic E-state index is 11.4. The Morgan fingerprint density at radius 2 is 2.05 bits per heavy atom. The van der Waals surface area contributed by atoms with Crippen molar-refractivity contribution in [3.05, 3.63) is 35.4 Å². The van der Waals surface area contributed by atoms with Crippen LogP contribution in [0.2, 0.25) is 0 Å². The molecule has 2 atom stereocenters. The summed E-state index contributed by atoms with van der Waals surface area (Å²) < 4.78 is 0. The first kappa shape index (κ1) is 15.0. The van der Waals surface area contributed by atoms with Gasteiger partial charge >= 0.3 is 5.97 Å². The number of piperidine rings is 1. The van der Waals surface area contributed by atoms with Gasteiger partial charge in [0.25, 0.3) is 0 Å². The fraction of sp³-hybridized carbons (Fsp3) is 0.588. The molecular formula is C17H25NO2. The highest BCUT2D eigenvalue weighted by atomic mass is 16.4. The Labute approximate surface area is 121 Å². The minimum atomic E-state index is -0.671. The number of aliphatic carboxylic acids is 1. The molecular weight excluding hydrogens is 250 g/mol. The maximum Gasteiger partial charge on any atom is 0.310 e. The van der Waals surface area contributed by atoms with E-state index in [9.17, 15) is 9.90 Å². The van der Waals surface area contributed by atoms with Crippen molar-refractivity contribution in [1.82, 2.24) is 4.90 Å². The van der Waals surface area contributed by atoms with Gasteiger partial charge in [-0.2, -0.15) is 0 Å². The molecule has 3 heteroatoms. The molecule has 1 aromatic carbocycles. The second kappa shape index (κ2) is 5.96. The first-order valence-electron chi connectivity index (χ1n) is 7.52. The predicted octanol–water partition coefficient (Wildman–Crippen LogP) is 3.50. The number of benzene rings is 1. The molecule has 1 N–H and O–H groups in total. The summed E-state index contributed by atoms with van der Waals surface area (Å²) in [7, 11) is 0. The van der Waals surface area contributed by atoms with Crippen LogP contribution in [-0.4, -0.2) is 29.1 Å². The first-order chi connectivity index (χ1) is 9.46. The number of likely N-dealkylation sites (tertiary alicyclic amines) is 1. The minimum Gasteiger partial charge on any atom is -0.481 e. The van der Waals surface area contributed by atoms with E-state index in [1.54, 1.807) is 0 Å². The second-order valence-electron chi connectivity index (χ2n) is 6.21. The lowest BCUT2D eigenvalue weighted by molar-refractivity contribution is -0.151. The molecule has 1 aromatic rings. The summed E-state index contributed by atoms with van der Waals surface area (Å²) in [4.78, 5) is 13.7.